The predicted molar refractivity (Wildman–Crippen MR) is 90.4 cm³/mol. The second-order valence-corrected chi connectivity index (χ2v) is 5.79. The number of hydrogen-bond donors (Lipinski definition) is 1. The highest BCUT2D eigenvalue weighted by Gasteiger charge is 2.34. The van der Waals surface area contributed by atoms with Crippen molar-refractivity contribution >= 4 is 0 Å². The average molecular weight is 360 g/mol. The molecule has 3 aromatic rings. The highest BCUT2D eigenvalue weighted by molar-refractivity contribution is 5.43. The van der Waals surface area contributed by atoms with Gasteiger partial charge in [-0.2, -0.15) is 18.3 Å². The molecule has 0 saturated carbocycles. The highest BCUT2D eigenvalue weighted by Crippen LogP contribution is 2.38. The summed E-state index contributed by atoms with van der Waals surface area (Å²) in [6, 6.07) is 13.6. The van der Waals surface area contributed by atoms with Crippen LogP contribution < -0.4 is 10.3 Å². The van der Waals surface area contributed by atoms with Crippen LogP contribution in [-0.2, 0) is 12.6 Å². The van der Waals surface area contributed by atoms with Gasteiger partial charge in [0.05, 0.1) is 11.3 Å². The van der Waals surface area contributed by atoms with E-state index in [0.29, 0.717) is 22.6 Å². The van der Waals surface area contributed by atoms with Crippen molar-refractivity contribution in [3.63, 3.8) is 0 Å². The van der Waals surface area contributed by atoms with Crippen molar-refractivity contribution in [3.05, 3.63) is 87.3 Å². The molecule has 134 valence electrons. The van der Waals surface area contributed by atoms with Gasteiger partial charge in [-0.15, -0.1) is 0 Å². The average Bonchev–Trinajstić information content (AvgIpc) is 2.58. The molecule has 1 N–H and O–H groups in total. The summed E-state index contributed by atoms with van der Waals surface area (Å²) in [7, 11) is 0. The van der Waals surface area contributed by atoms with Crippen LogP contribution >= 0.6 is 0 Å². The molecule has 0 bridgehead atoms. The topological polar surface area (TPSA) is 55.0 Å². The Morgan fingerprint density at radius 3 is 2.46 bits per heavy atom. The fourth-order valence-electron chi connectivity index (χ4n) is 2.47. The lowest BCUT2D eigenvalue weighted by Gasteiger charge is -2.15. The SMILES string of the molecule is Cc1cc(Cc2ccc(C(F)(F)F)c(Oc3ccccc3)c2)n[nH]c1=O. The minimum absolute atomic E-state index is 0.265. The molecule has 0 aliphatic carbocycles. The number of hydrogen-bond acceptors (Lipinski definition) is 3. The number of aromatic amines is 1. The van der Waals surface area contributed by atoms with Crippen LogP contribution in [0.25, 0.3) is 0 Å². The van der Waals surface area contributed by atoms with E-state index in [4.69, 9.17) is 4.74 Å². The summed E-state index contributed by atoms with van der Waals surface area (Å²) in [5.41, 5.74) is 0.475. The lowest BCUT2D eigenvalue weighted by molar-refractivity contribution is -0.138. The standard InChI is InChI=1S/C19H15F3N2O2/c1-12-9-14(23-24-18(12)25)10-13-7-8-16(19(20,21)22)17(11-13)26-15-5-3-2-4-6-15/h2-9,11H,10H2,1H3,(H,24,25). The van der Waals surface area contributed by atoms with Gasteiger partial charge < -0.3 is 4.74 Å². The van der Waals surface area contributed by atoms with Crippen LogP contribution in [0.3, 0.4) is 0 Å². The number of aryl methyl sites for hydroxylation is 1. The van der Waals surface area contributed by atoms with Gasteiger partial charge in [-0.05, 0) is 42.8 Å². The Hall–Kier alpha value is -3.09. The van der Waals surface area contributed by atoms with Gasteiger partial charge in [0, 0.05) is 12.0 Å². The van der Waals surface area contributed by atoms with Crippen LogP contribution in [0.5, 0.6) is 11.5 Å². The van der Waals surface area contributed by atoms with E-state index in [-0.39, 0.29) is 17.7 Å². The number of halogens is 3. The Balaban J connectivity index is 1.96. The molecular formula is C19H15F3N2O2. The molecule has 0 radical (unpaired) electrons. The number of ether oxygens (including phenoxy) is 1. The molecule has 0 atom stereocenters. The molecule has 0 amide bonds. The molecule has 0 aliphatic heterocycles. The van der Waals surface area contributed by atoms with E-state index in [0.717, 1.165) is 6.07 Å². The van der Waals surface area contributed by atoms with Crippen molar-refractivity contribution in [2.24, 2.45) is 0 Å². The second-order valence-electron chi connectivity index (χ2n) is 5.79. The zero-order valence-electron chi connectivity index (χ0n) is 13.8. The van der Waals surface area contributed by atoms with Gasteiger partial charge in [-0.1, -0.05) is 24.3 Å². The first-order valence-electron chi connectivity index (χ1n) is 7.81. The van der Waals surface area contributed by atoms with Crippen molar-refractivity contribution in [1.29, 1.82) is 0 Å². The fourth-order valence-corrected chi connectivity index (χ4v) is 2.47. The minimum atomic E-state index is -4.53. The predicted octanol–water partition coefficient (Wildman–Crippen LogP) is 4.48. The van der Waals surface area contributed by atoms with E-state index in [9.17, 15) is 18.0 Å². The first kappa shape index (κ1) is 17.7. The number of aromatic nitrogens is 2. The molecule has 0 unspecified atom stereocenters. The van der Waals surface area contributed by atoms with Crippen LogP contribution in [-0.4, -0.2) is 10.2 Å². The third kappa shape index (κ3) is 4.11. The molecule has 0 aliphatic rings. The smallest absolute Gasteiger partial charge is 0.419 e. The first-order valence-corrected chi connectivity index (χ1v) is 7.81. The Bertz CT molecular complexity index is 967. The fraction of sp³-hybridized carbons (Fsp3) is 0.158. The number of alkyl halides is 3. The van der Waals surface area contributed by atoms with Gasteiger partial charge in [-0.3, -0.25) is 4.79 Å². The lowest BCUT2D eigenvalue weighted by Crippen LogP contribution is -2.13. The summed E-state index contributed by atoms with van der Waals surface area (Å²) in [6.45, 7) is 1.64. The van der Waals surface area contributed by atoms with Crippen LogP contribution in [0, 0.1) is 6.92 Å². The maximum absolute atomic E-state index is 13.3. The van der Waals surface area contributed by atoms with Gasteiger partial charge in [0.1, 0.15) is 11.5 Å². The number of H-pyrrole nitrogens is 1. The molecule has 0 saturated heterocycles. The number of nitrogens with one attached hydrogen (secondary N) is 1. The highest BCUT2D eigenvalue weighted by atomic mass is 19.4. The minimum Gasteiger partial charge on any atom is -0.457 e. The zero-order valence-corrected chi connectivity index (χ0v) is 13.8. The molecular weight excluding hydrogens is 345 g/mol. The molecule has 3 rings (SSSR count). The van der Waals surface area contributed by atoms with Crippen molar-refractivity contribution in [3.8, 4) is 11.5 Å². The summed E-state index contributed by atoms with van der Waals surface area (Å²) in [5, 5.41) is 6.28. The van der Waals surface area contributed by atoms with Crippen molar-refractivity contribution in [1.82, 2.24) is 10.2 Å². The molecule has 4 nitrogen and oxygen atoms in total. The van der Waals surface area contributed by atoms with Crippen LogP contribution in [0.1, 0.15) is 22.4 Å². The Kier molecular flexibility index (Phi) is 4.79. The summed E-state index contributed by atoms with van der Waals surface area (Å²) < 4.78 is 45.3. The second kappa shape index (κ2) is 7.03. The number of rotatable bonds is 4. The summed E-state index contributed by atoms with van der Waals surface area (Å²) >= 11 is 0. The maximum atomic E-state index is 13.3. The van der Waals surface area contributed by atoms with Gasteiger partial charge in [0.15, 0.2) is 0 Å². The molecule has 0 fully saturated rings. The van der Waals surface area contributed by atoms with E-state index < -0.39 is 11.7 Å². The number of para-hydroxylation sites is 1. The molecule has 1 heterocycles. The Morgan fingerprint density at radius 2 is 1.81 bits per heavy atom. The number of benzene rings is 2. The Morgan fingerprint density at radius 1 is 1.08 bits per heavy atom. The van der Waals surface area contributed by atoms with E-state index in [1.807, 2.05) is 0 Å². The van der Waals surface area contributed by atoms with Gasteiger partial charge >= 0.3 is 6.18 Å². The van der Waals surface area contributed by atoms with Crippen LogP contribution in [0.4, 0.5) is 13.2 Å². The summed E-state index contributed by atoms with van der Waals surface area (Å²) in [5.74, 6) is 0.0375. The third-order valence-electron chi connectivity index (χ3n) is 3.75. The monoisotopic (exact) mass is 360 g/mol. The van der Waals surface area contributed by atoms with Gasteiger partial charge in [0.2, 0.25) is 0 Å². The maximum Gasteiger partial charge on any atom is 0.419 e. The van der Waals surface area contributed by atoms with Gasteiger partial charge in [0.25, 0.3) is 5.56 Å². The van der Waals surface area contributed by atoms with E-state index in [1.54, 1.807) is 43.3 Å². The van der Waals surface area contributed by atoms with Gasteiger partial charge in [-0.25, -0.2) is 5.10 Å². The Labute approximate surface area is 147 Å². The third-order valence-corrected chi connectivity index (χ3v) is 3.75. The summed E-state index contributed by atoms with van der Waals surface area (Å²) in [6.07, 6.45) is -4.27. The van der Waals surface area contributed by atoms with Crippen molar-refractivity contribution < 1.29 is 17.9 Å². The van der Waals surface area contributed by atoms with Crippen LogP contribution in [0.15, 0.2) is 59.4 Å². The molecule has 2 aromatic carbocycles. The normalized spacial score (nSPS) is 11.4. The molecule has 26 heavy (non-hydrogen) atoms. The van der Waals surface area contributed by atoms with E-state index in [2.05, 4.69) is 10.2 Å². The van der Waals surface area contributed by atoms with Crippen LogP contribution in [0.2, 0.25) is 0 Å². The number of nitrogens with zero attached hydrogens (tertiary/aromatic N) is 1. The molecule has 0 spiro atoms. The lowest BCUT2D eigenvalue weighted by atomic mass is 10.0. The quantitative estimate of drug-likeness (QED) is 0.746. The largest absolute Gasteiger partial charge is 0.457 e. The zero-order chi connectivity index (χ0) is 18.7. The molecule has 1 aromatic heterocycles. The first-order chi connectivity index (χ1) is 12.3. The van der Waals surface area contributed by atoms with Crippen molar-refractivity contribution in [2.45, 2.75) is 19.5 Å². The molecule has 7 heteroatoms. The van der Waals surface area contributed by atoms with E-state index >= 15 is 0 Å². The summed E-state index contributed by atoms with van der Waals surface area (Å²) in [4.78, 5) is 11.4. The van der Waals surface area contributed by atoms with E-state index in [1.165, 1.54) is 12.1 Å². The van der Waals surface area contributed by atoms with Crippen molar-refractivity contribution in [2.75, 3.05) is 0 Å².